The van der Waals surface area contributed by atoms with Gasteiger partial charge in [-0.05, 0) is 28.3 Å². The lowest BCUT2D eigenvalue weighted by Crippen LogP contribution is -2.21. The first-order valence-corrected chi connectivity index (χ1v) is 7.50. The Morgan fingerprint density at radius 3 is 3.20 bits per heavy atom. The molecule has 7 heteroatoms. The maximum atomic E-state index is 9.12. The fourth-order valence-corrected chi connectivity index (χ4v) is 3.20. The summed E-state index contributed by atoms with van der Waals surface area (Å²) in [5.41, 5.74) is 1.76. The molecule has 0 N–H and O–H groups in total. The molecular weight excluding hydrogens is 319 g/mol. The number of nitriles is 1. The Balaban J connectivity index is 2.03. The molecule has 0 aliphatic carbocycles. The van der Waals surface area contributed by atoms with Crippen LogP contribution in [0.25, 0.3) is 5.65 Å². The predicted molar refractivity (Wildman–Crippen MR) is 80.2 cm³/mol. The van der Waals surface area contributed by atoms with Crippen molar-refractivity contribution in [3.63, 3.8) is 0 Å². The van der Waals surface area contributed by atoms with E-state index in [2.05, 4.69) is 27.0 Å². The third-order valence-electron chi connectivity index (χ3n) is 3.90. The van der Waals surface area contributed by atoms with Crippen molar-refractivity contribution in [3.8, 4) is 11.8 Å². The zero-order valence-corrected chi connectivity index (χ0v) is 12.8. The largest absolute Gasteiger partial charge is 0.481 e. The molecule has 3 rings (SSSR count). The van der Waals surface area contributed by atoms with Crippen LogP contribution in [-0.2, 0) is 0 Å². The second-order valence-electron chi connectivity index (χ2n) is 5.14. The lowest BCUT2D eigenvalue weighted by atomic mass is 9.41. The molecule has 1 aliphatic rings. The normalized spacial score (nSPS) is 19.1. The van der Waals surface area contributed by atoms with E-state index in [-0.39, 0.29) is 6.71 Å². The number of nitrogens with zero attached hydrogens (tertiary/aromatic N) is 4. The number of hydrogen-bond acceptors (Lipinski definition) is 4. The van der Waals surface area contributed by atoms with Crippen molar-refractivity contribution in [2.24, 2.45) is 0 Å². The molecule has 0 radical (unpaired) electrons. The van der Waals surface area contributed by atoms with Crippen molar-refractivity contribution < 1.29 is 4.74 Å². The van der Waals surface area contributed by atoms with Gasteiger partial charge in [0.25, 0.3) is 6.71 Å². The average molecular weight is 333 g/mol. The van der Waals surface area contributed by atoms with E-state index >= 15 is 0 Å². The molecule has 5 nitrogen and oxygen atoms in total. The van der Waals surface area contributed by atoms with Crippen LogP contribution < -0.4 is 4.74 Å². The number of methoxy groups -OCH3 is 1. The van der Waals surface area contributed by atoms with E-state index < -0.39 is 0 Å². The van der Waals surface area contributed by atoms with Gasteiger partial charge in [0.05, 0.1) is 23.5 Å². The van der Waals surface area contributed by atoms with Crippen LogP contribution in [0, 0.1) is 11.2 Å². The quantitative estimate of drug-likeness (QED) is 0.793. The van der Waals surface area contributed by atoms with Crippen molar-refractivity contribution in [2.45, 2.75) is 31.4 Å². The van der Waals surface area contributed by atoms with Crippen LogP contribution in [0.3, 0.4) is 0 Å². The summed E-state index contributed by atoms with van der Waals surface area (Å²) in [6, 6.07) is 1.94. The summed E-state index contributed by atoms with van der Waals surface area (Å²) >= 11 is 3.46. The second-order valence-corrected chi connectivity index (χ2v) is 6.00. The lowest BCUT2D eigenvalue weighted by Gasteiger charge is -2.23. The van der Waals surface area contributed by atoms with Gasteiger partial charge in [-0.25, -0.2) is 10.2 Å². The molecule has 1 aliphatic heterocycles. The van der Waals surface area contributed by atoms with Crippen LogP contribution in [0.15, 0.2) is 16.7 Å². The van der Waals surface area contributed by atoms with E-state index in [1.165, 1.54) is 0 Å². The topological polar surface area (TPSA) is 63.2 Å². The minimum absolute atomic E-state index is 0.145. The molecule has 1 fully saturated rings. The number of aromatic nitrogens is 3. The SMILES string of the molecule is COc1cc(C2CCCB(C#N)C2)nc2c(Br)cnn12. The number of hydrogen-bond donors (Lipinski definition) is 0. The zero-order chi connectivity index (χ0) is 14.1. The Bertz CT molecular complexity index is 681. The van der Waals surface area contributed by atoms with Gasteiger partial charge in [-0.15, -0.1) is 0 Å². The minimum atomic E-state index is 0.145. The van der Waals surface area contributed by atoms with Gasteiger partial charge >= 0.3 is 0 Å². The molecule has 0 bridgehead atoms. The van der Waals surface area contributed by atoms with Crippen LogP contribution in [0.2, 0.25) is 12.6 Å². The van der Waals surface area contributed by atoms with Gasteiger partial charge in [-0.3, -0.25) is 0 Å². The number of rotatable bonds is 2. The average Bonchev–Trinajstić information content (AvgIpc) is 2.88. The van der Waals surface area contributed by atoms with Crippen LogP contribution in [0.1, 0.15) is 24.5 Å². The first kappa shape index (κ1) is 13.4. The summed E-state index contributed by atoms with van der Waals surface area (Å²) in [5, 5.41) is 13.4. The molecule has 0 aromatic carbocycles. The van der Waals surface area contributed by atoms with Crippen LogP contribution >= 0.6 is 15.9 Å². The molecule has 1 atom stereocenters. The Morgan fingerprint density at radius 1 is 1.60 bits per heavy atom. The van der Waals surface area contributed by atoms with Crippen molar-refractivity contribution in [3.05, 3.63) is 22.4 Å². The van der Waals surface area contributed by atoms with Gasteiger partial charge < -0.3 is 4.74 Å². The van der Waals surface area contributed by atoms with Crippen molar-refractivity contribution in [2.75, 3.05) is 7.11 Å². The summed E-state index contributed by atoms with van der Waals surface area (Å²) in [6.45, 7) is 0.145. The number of ether oxygens (including phenoxy) is 1. The second kappa shape index (κ2) is 5.45. The zero-order valence-electron chi connectivity index (χ0n) is 11.2. The molecule has 3 heterocycles. The molecule has 2 aromatic rings. The summed E-state index contributed by atoms with van der Waals surface area (Å²) in [6.07, 6.45) is 5.76. The molecule has 0 saturated carbocycles. The highest BCUT2D eigenvalue weighted by atomic mass is 79.9. The Kier molecular flexibility index (Phi) is 3.66. The highest BCUT2D eigenvalue weighted by molar-refractivity contribution is 9.10. The number of fused-ring (bicyclic) bond motifs is 1. The van der Waals surface area contributed by atoms with Gasteiger partial charge in [-0.2, -0.15) is 9.61 Å². The van der Waals surface area contributed by atoms with E-state index in [4.69, 9.17) is 15.0 Å². The van der Waals surface area contributed by atoms with E-state index in [0.717, 1.165) is 41.3 Å². The van der Waals surface area contributed by atoms with E-state index in [1.807, 2.05) is 6.07 Å². The summed E-state index contributed by atoms with van der Waals surface area (Å²) in [5.74, 6) is 3.39. The van der Waals surface area contributed by atoms with Crippen molar-refractivity contribution >= 4 is 28.3 Å². The summed E-state index contributed by atoms with van der Waals surface area (Å²) in [4.78, 5) is 4.70. The molecule has 20 heavy (non-hydrogen) atoms. The number of halogens is 1. The van der Waals surface area contributed by atoms with Crippen LogP contribution in [0.5, 0.6) is 5.88 Å². The lowest BCUT2D eigenvalue weighted by molar-refractivity contribution is 0.383. The summed E-state index contributed by atoms with van der Waals surface area (Å²) < 4.78 is 7.93. The molecule has 0 amide bonds. The molecule has 1 saturated heterocycles. The Hall–Kier alpha value is -1.55. The predicted octanol–water partition coefficient (Wildman–Crippen LogP) is 2.94. The third kappa shape index (κ3) is 2.29. The van der Waals surface area contributed by atoms with Gasteiger partial charge in [0, 0.05) is 12.0 Å². The maximum absolute atomic E-state index is 9.12. The fourth-order valence-electron chi connectivity index (χ4n) is 2.86. The maximum Gasteiger partial charge on any atom is 0.268 e. The standard InChI is InChI=1S/C13H14BBrN4O/c1-20-12-5-11(9-3-2-4-14(6-9)8-16)18-13-10(15)7-17-19(12)13/h5,7,9H,2-4,6H2,1H3. The Labute approximate surface area is 126 Å². The first-order valence-electron chi connectivity index (χ1n) is 6.70. The van der Waals surface area contributed by atoms with Crippen LogP contribution in [0.4, 0.5) is 0 Å². The third-order valence-corrected chi connectivity index (χ3v) is 4.46. The Morgan fingerprint density at radius 2 is 2.45 bits per heavy atom. The van der Waals surface area contributed by atoms with Gasteiger partial charge in [0.1, 0.15) is 0 Å². The first-order chi connectivity index (χ1) is 9.72. The molecule has 0 spiro atoms. The fraction of sp³-hybridized carbons (Fsp3) is 0.462. The molecule has 1 unspecified atom stereocenters. The van der Waals surface area contributed by atoms with Crippen molar-refractivity contribution in [1.29, 1.82) is 5.26 Å². The van der Waals surface area contributed by atoms with Crippen molar-refractivity contribution in [1.82, 2.24) is 14.6 Å². The summed E-state index contributed by atoms with van der Waals surface area (Å²) in [7, 11) is 1.63. The highest BCUT2D eigenvalue weighted by Gasteiger charge is 2.28. The van der Waals surface area contributed by atoms with E-state index in [9.17, 15) is 0 Å². The van der Waals surface area contributed by atoms with Gasteiger partial charge in [0.15, 0.2) is 5.65 Å². The smallest absolute Gasteiger partial charge is 0.268 e. The van der Waals surface area contributed by atoms with Gasteiger partial charge in [-0.1, -0.05) is 19.1 Å². The van der Waals surface area contributed by atoms with Gasteiger partial charge in [0.2, 0.25) is 5.88 Å². The van der Waals surface area contributed by atoms with E-state index in [1.54, 1.807) is 17.8 Å². The molecule has 2 aromatic heterocycles. The molecular formula is C13H14BBrN4O. The molecule has 102 valence electrons. The van der Waals surface area contributed by atoms with Crippen LogP contribution in [-0.4, -0.2) is 28.4 Å². The monoisotopic (exact) mass is 332 g/mol. The van der Waals surface area contributed by atoms with E-state index in [0.29, 0.717) is 11.8 Å². The minimum Gasteiger partial charge on any atom is -0.481 e. The highest BCUT2D eigenvalue weighted by Crippen LogP contribution is 2.34.